The Kier molecular flexibility index (Phi) is 4.59. The Morgan fingerprint density at radius 1 is 1.38 bits per heavy atom. The van der Waals surface area contributed by atoms with E-state index in [0.29, 0.717) is 15.6 Å². The molecule has 2 atom stereocenters. The Hall–Kier alpha value is -1.92. The fraction of sp³-hybridized carbons (Fsp3) is 0.357. The number of carbonyl (C=O) groups excluding carboxylic acids is 3. The zero-order valence-electron chi connectivity index (χ0n) is 11.8. The number of esters is 1. The Balaban J connectivity index is 2.16. The van der Waals surface area contributed by atoms with E-state index in [4.69, 9.17) is 11.6 Å². The fourth-order valence-corrected chi connectivity index (χ4v) is 2.43. The van der Waals surface area contributed by atoms with Crippen molar-refractivity contribution in [2.45, 2.75) is 12.5 Å². The Bertz CT molecular complexity index is 573. The predicted octanol–water partition coefficient (Wildman–Crippen LogP) is -0.340. The van der Waals surface area contributed by atoms with Gasteiger partial charge in [-0.05, 0) is 24.3 Å². The molecule has 0 aromatic heterocycles. The molecule has 21 heavy (non-hydrogen) atoms. The van der Waals surface area contributed by atoms with Crippen LogP contribution < -0.4 is 9.80 Å². The molecule has 0 saturated carbocycles. The van der Waals surface area contributed by atoms with Gasteiger partial charge in [0, 0.05) is 5.02 Å². The van der Waals surface area contributed by atoms with E-state index in [1.54, 1.807) is 31.3 Å². The van der Waals surface area contributed by atoms with Crippen molar-refractivity contribution in [1.29, 1.82) is 0 Å². The Morgan fingerprint density at radius 2 is 2.00 bits per heavy atom. The van der Waals surface area contributed by atoms with Crippen LogP contribution in [0.3, 0.4) is 0 Å². The summed E-state index contributed by atoms with van der Waals surface area (Å²) in [6, 6.07) is 5.91. The van der Waals surface area contributed by atoms with Crippen LogP contribution in [-0.4, -0.2) is 44.5 Å². The SMILES string of the molecule is COC(=O)C[NH+](C)[C@@H]1CC(=O)N(c2ccc(Cl)cc2)C1=O. The van der Waals surface area contributed by atoms with Gasteiger partial charge in [0.25, 0.3) is 5.91 Å². The summed E-state index contributed by atoms with van der Waals surface area (Å²) in [4.78, 5) is 37.6. The number of imide groups is 1. The van der Waals surface area contributed by atoms with Crippen LogP contribution in [0.4, 0.5) is 5.69 Å². The molecule has 1 saturated heterocycles. The highest BCUT2D eigenvalue weighted by Crippen LogP contribution is 2.23. The topological polar surface area (TPSA) is 68.1 Å². The summed E-state index contributed by atoms with van der Waals surface area (Å²) >= 11 is 5.80. The van der Waals surface area contributed by atoms with Crippen LogP contribution in [0.25, 0.3) is 0 Å². The minimum absolute atomic E-state index is 0.0364. The van der Waals surface area contributed by atoms with Gasteiger partial charge in [0.05, 0.1) is 26.3 Å². The first-order valence-electron chi connectivity index (χ1n) is 6.45. The lowest BCUT2D eigenvalue weighted by molar-refractivity contribution is -0.887. The van der Waals surface area contributed by atoms with Crippen molar-refractivity contribution in [2.75, 3.05) is 25.6 Å². The van der Waals surface area contributed by atoms with Crippen LogP contribution in [0, 0.1) is 0 Å². The van der Waals surface area contributed by atoms with Gasteiger partial charge in [-0.1, -0.05) is 11.6 Å². The molecule has 1 aliphatic heterocycles. The number of carbonyl (C=O) groups is 3. The number of benzene rings is 1. The van der Waals surface area contributed by atoms with Crippen LogP contribution >= 0.6 is 11.6 Å². The number of halogens is 1. The third-order valence-corrected chi connectivity index (χ3v) is 3.73. The molecule has 1 aliphatic rings. The van der Waals surface area contributed by atoms with Crippen LogP contribution in [0.2, 0.25) is 5.02 Å². The molecule has 0 spiro atoms. The summed E-state index contributed by atoms with van der Waals surface area (Å²) in [5.74, 6) is -1.02. The molecule has 1 aromatic rings. The van der Waals surface area contributed by atoms with E-state index in [1.165, 1.54) is 7.11 Å². The number of nitrogens with zero attached hydrogens (tertiary/aromatic N) is 1. The fourth-order valence-electron chi connectivity index (χ4n) is 2.30. The highest BCUT2D eigenvalue weighted by molar-refractivity contribution is 6.30. The lowest BCUT2D eigenvalue weighted by Gasteiger charge is -2.19. The number of ether oxygens (including phenoxy) is 1. The van der Waals surface area contributed by atoms with Gasteiger partial charge < -0.3 is 9.64 Å². The number of anilines is 1. The molecular weight excluding hydrogens is 296 g/mol. The molecule has 1 unspecified atom stereocenters. The smallest absolute Gasteiger partial charge is 0.361 e. The molecule has 1 aromatic carbocycles. The second-order valence-corrected chi connectivity index (χ2v) is 5.34. The predicted molar refractivity (Wildman–Crippen MR) is 76.1 cm³/mol. The average Bonchev–Trinajstić information content (AvgIpc) is 2.75. The molecule has 0 bridgehead atoms. The summed E-state index contributed by atoms with van der Waals surface area (Å²) in [6.07, 6.45) is 0.0737. The number of likely N-dealkylation sites (N-methyl/N-ethyl adjacent to an activating group) is 1. The molecule has 2 rings (SSSR count). The van der Waals surface area contributed by atoms with Gasteiger partial charge in [0.2, 0.25) is 5.91 Å². The number of hydrogen-bond donors (Lipinski definition) is 1. The van der Waals surface area contributed by atoms with Crippen LogP contribution in [0.5, 0.6) is 0 Å². The van der Waals surface area contributed by atoms with Crippen molar-refractivity contribution in [3.8, 4) is 0 Å². The maximum absolute atomic E-state index is 12.4. The van der Waals surface area contributed by atoms with Crippen molar-refractivity contribution in [2.24, 2.45) is 0 Å². The number of quaternary nitrogens is 1. The molecule has 0 aliphatic carbocycles. The molecule has 2 amide bonds. The van der Waals surface area contributed by atoms with Gasteiger partial charge >= 0.3 is 5.97 Å². The summed E-state index contributed by atoms with van der Waals surface area (Å²) < 4.78 is 4.58. The number of nitrogens with one attached hydrogen (secondary N) is 1. The summed E-state index contributed by atoms with van der Waals surface area (Å²) in [7, 11) is 2.98. The van der Waals surface area contributed by atoms with E-state index < -0.39 is 12.0 Å². The minimum atomic E-state index is -0.577. The third-order valence-electron chi connectivity index (χ3n) is 3.48. The van der Waals surface area contributed by atoms with E-state index in [9.17, 15) is 14.4 Å². The van der Waals surface area contributed by atoms with E-state index >= 15 is 0 Å². The van der Waals surface area contributed by atoms with Crippen LogP contribution in [-0.2, 0) is 19.1 Å². The number of hydrogen-bond acceptors (Lipinski definition) is 4. The summed E-state index contributed by atoms with van der Waals surface area (Å²) in [5.41, 5.74) is 0.489. The quantitative estimate of drug-likeness (QED) is 0.610. The number of rotatable bonds is 4. The van der Waals surface area contributed by atoms with Crippen molar-refractivity contribution >= 4 is 35.1 Å². The summed E-state index contributed by atoms with van der Waals surface area (Å²) in [6.45, 7) is 0.0364. The van der Waals surface area contributed by atoms with Crippen molar-refractivity contribution in [1.82, 2.24) is 0 Å². The van der Waals surface area contributed by atoms with Crippen molar-refractivity contribution < 1.29 is 24.0 Å². The monoisotopic (exact) mass is 311 g/mol. The van der Waals surface area contributed by atoms with Gasteiger partial charge in [0.15, 0.2) is 12.6 Å². The largest absolute Gasteiger partial charge is 0.465 e. The van der Waals surface area contributed by atoms with Gasteiger partial charge in [-0.2, -0.15) is 0 Å². The Labute approximate surface area is 127 Å². The molecule has 1 fully saturated rings. The highest BCUT2D eigenvalue weighted by Gasteiger charge is 2.45. The standard InChI is InChI=1S/C14H15ClN2O4/c1-16(8-13(19)21-2)11-7-12(18)17(14(11)20)10-5-3-9(15)4-6-10/h3-6,11H,7-8H2,1-2H3/p+1/t11-/m1/s1. The maximum atomic E-state index is 12.4. The molecule has 1 heterocycles. The first-order chi connectivity index (χ1) is 9.93. The van der Waals surface area contributed by atoms with Crippen molar-refractivity contribution in [3.63, 3.8) is 0 Å². The second kappa shape index (κ2) is 6.24. The minimum Gasteiger partial charge on any atom is -0.465 e. The third kappa shape index (κ3) is 3.22. The normalized spacial score (nSPS) is 19.8. The Morgan fingerprint density at radius 3 is 2.57 bits per heavy atom. The highest BCUT2D eigenvalue weighted by atomic mass is 35.5. The zero-order valence-corrected chi connectivity index (χ0v) is 12.5. The number of methoxy groups -OCH3 is 1. The maximum Gasteiger partial charge on any atom is 0.361 e. The molecular formula is C14H16ClN2O4+. The lowest BCUT2D eigenvalue weighted by Crippen LogP contribution is -3.14. The van der Waals surface area contributed by atoms with Gasteiger partial charge in [-0.25, -0.2) is 9.69 Å². The molecule has 7 heteroatoms. The van der Waals surface area contributed by atoms with Crippen LogP contribution in [0.1, 0.15) is 6.42 Å². The number of amides is 2. The molecule has 112 valence electrons. The van der Waals surface area contributed by atoms with E-state index in [2.05, 4.69) is 4.74 Å². The van der Waals surface area contributed by atoms with E-state index in [-0.39, 0.29) is 24.8 Å². The molecule has 0 radical (unpaired) electrons. The molecule has 6 nitrogen and oxygen atoms in total. The molecule has 1 N–H and O–H groups in total. The summed E-state index contributed by atoms with van der Waals surface area (Å²) in [5, 5.41) is 0.530. The van der Waals surface area contributed by atoms with Gasteiger partial charge in [0.1, 0.15) is 0 Å². The first-order valence-corrected chi connectivity index (χ1v) is 6.83. The van der Waals surface area contributed by atoms with E-state index in [0.717, 1.165) is 4.90 Å². The zero-order chi connectivity index (χ0) is 15.6. The average molecular weight is 312 g/mol. The van der Waals surface area contributed by atoms with Crippen molar-refractivity contribution in [3.05, 3.63) is 29.3 Å². The van der Waals surface area contributed by atoms with Gasteiger partial charge in [-0.15, -0.1) is 0 Å². The van der Waals surface area contributed by atoms with Crippen LogP contribution in [0.15, 0.2) is 24.3 Å². The van der Waals surface area contributed by atoms with Gasteiger partial charge in [-0.3, -0.25) is 9.59 Å². The van der Waals surface area contributed by atoms with E-state index in [1.807, 2.05) is 0 Å². The lowest BCUT2D eigenvalue weighted by atomic mass is 10.2. The second-order valence-electron chi connectivity index (χ2n) is 4.90. The first kappa shape index (κ1) is 15.5.